The van der Waals surface area contributed by atoms with E-state index in [1.165, 1.54) is 23.9 Å². The number of benzene rings is 2. The van der Waals surface area contributed by atoms with Gasteiger partial charge in [-0.05, 0) is 29.3 Å². The number of amides is 2. The molecule has 6 N–H and O–H groups in total. The van der Waals surface area contributed by atoms with Crippen molar-refractivity contribution in [1.29, 1.82) is 0 Å². The van der Waals surface area contributed by atoms with E-state index in [1.54, 1.807) is 42.5 Å². The Labute approximate surface area is 205 Å². The first-order valence-corrected chi connectivity index (χ1v) is 10.9. The molecule has 0 radical (unpaired) electrons. The van der Waals surface area contributed by atoms with Crippen molar-refractivity contribution in [3.05, 3.63) is 86.8 Å². The summed E-state index contributed by atoms with van der Waals surface area (Å²) in [5.74, 6) is -1.11. The van der Waals surface area contributed by atoms with Gasteiger partial charge in [0.15, 0.2) is 5.69 Å². The van der Waals surface area contributed by atoms with Gasteiger partial charge in [0.2, 0.25) is 0 Å². The van der Waals surface area contributed by atoms with Crippen LogP contribution in [-0.2, 0) is 17.9 Å². The molecule has 0 saturated heterocycles. The van der Waals surface area contributed by atoms with Gasteiger partial charge in [-0.3, -0.25) is 9.59 Å². The highest BCUT2D eigenvalue weighted by molar-refractivity contribution is 6.31. The highest BCUT2D eigenvalue weighted by Gasteiger charge is 2.21. The predicted octanol–water partition coefficient (Wildman–Crippen LogP) is 3.06. The summed E-state index contributed by atoms with van der Waals surface area (Å²) in [6.45, 7) is 0.263. The van der Waals surface area contributed by atoms with Crippen molar-refractivity contribution >= 4 is 29.3 Å². The zero-order chi connectivity index (χ0) is 25.5. The van der Waals surface area contributed by atoms with Crippen LogP contribution in [0.3, 0.4) is 0 Å². The number of rotatable bonds is 9. The Kier molecular flexibility index (Phi) is 8.34. The minimum Gasteiger partial charge on any atom is -0.505 e. The summed E-state index contributed by atoms with van der Waals surface area (Å²) in [7, 11) is 1.48. The first kappa shape index (κ1) is 25.6. The van der Waals surface area contributed by atoms with Gasteiger partial charge in [-0.2, -0.15) is 0 Å². The Balaban J connectivity index is 1.85. The van der Waals surface area contributed by atoms with Gasteiger partial charge < -0.3 is 35.9 Å². The molecule has 0 aliphatic rings. The van der Waals surface area contributed by atoms with Gasteiger partial charge in [-0.1, -0.05) is 41.9 Å². The van der Waals surface area contributed by atoms with Gasteiger partial charge in [-0.25, -0.2) is 4.79 Å². The lowest BCUT2D eigenvalue weighted by Crippen LogP contribution is -2.36. The fourth-order valence-electron chi connectivity index (χ4n) is 3.53. The molecule has 3 aromatic rings. The Bertz CT molecular complexity index is 1290. The number of nitrogens with one attached hydrogen (secondary N) is 2. The zero-order valence-electron chi connectivity index (χ0n) is 18.8. The molecule has 0 fully saturated rings. The maximum atomic E-state index is 13.0. The summed E-state index contributed by atoms with van der Waals surface area (Å²) in [5, 5.41) is 24.8. The lowest BCUT2D eigenvalue weighted by atomic mass is 10.0. The van der Waals surface area contributed by atoms with Crippen LogP contribution in [0.25, 0.3) is 0 Å². The lowest BCUT2D eigenvalue weighted by molar-refractivity contribution is -0.137. The second-order valence-corrected chi connectivity index (χ2v) is 8.03. The monoisotopic (exact) mass is 500 g/mol. The van der Waals surface area contributed by atoms with Crippen molar-refractivity contribution in [3.63, 3.8) is 0 Å². The van der Waals surface area contributed by atoms with E-state index in [0.29, 0.717) is 21.9 Å². The van der Waals surface area contributed by atoms with Gasteiger partial charge >= 0.3 is 12.0 Å². The van der Waals surface area contributed by atoms with Crippen LogP contribution in [0.15, 0.2) is 59.5 Å². The number of carboxylic acid groups (broad SMARTS) is 1. The largest absolute Gasteiger partial charge is 0.505 e. The summed E-state index contributed by atoms with van der Waals surface area (Å²) in [5.41, 5.74) is 6.43. The molecule has 0 bridgehead atoms. The molecule has 35 heavy (non-hydrogen) atoms. The number of pyridine rings is 1. The molecule has 3 rings (SSSR count). The lowest BCUT2D eigenvalue weighted by Gasteiger charge is -2.19. The van der Waals surface area contributed by atoms with Gasteiger partial charge in [0.05, 0.1) is 26.1 Å². The highest BCUT2D eigenvalue weighted by Crippen LogP contribution is 2.27. The number of carboxylic acids is 1. The Morgan fingerprint density at radius 1 is 1.20 bits per heavy atom. The van der Waals surface area contributed by atoms with Crippen molar-refractivity contribution in [2.75, 3.05) is 12.4 Å². The molecule has 0 aliphatic carbocycles. The Hall–Kier alpha value is -4.02. The van der Waals surface area contributed by atoms with Crippen molar-refractivity contribution in [3.8, 4) is 11.5 Å². The van der Waals surface area contributed by atoms with Gasteiger partial charge in [-0.15, -0.1) is 0 Å². The summed E-state index contributed by atoms with van der Waals surface area (Å²) in [4.78, 5) is 37.1. The third-order valence-electron chi connectivity index (χ3n) is 5.28. The number of hydrogen-bond acceptors (Lipinski definition) is 6. The highest BCUT2D eigenvalue weighted by atomic mass is 35.5. The van der Waals surface area contributed by atoms with E-state index in [0.717, 1.165) is 5.56 Å². The number of nitrogens with zero attached hydrogens (tertiary/aromatic N) is 1. The fraction of sp³-hybridized carbons (Fsp3) is 0.208. The quantitative estimate of drug-likeness (QED) is 0.302. The van der Waals surface area contributed by atoms with Crippen LogP contribution in [-0.4, -0.2) is 33.9 Å². The van der Waals surface area contributed by atoms with Gasteiger partial charge in [0.25, 0.3) is 5.56 Å². The number of aromatic nitrogens is 1. The molecule has 10 nitrogen and oxygen atoms in total. The molecular weight excluding hydrogens is 476 g/mol. The minimum absolute atomic E-state index is 0.0196. The standard InChI is InChI=1S/C24H25ClN4O6/c1-35-20-7-3-6-17(25)16(20)13-29-9-8-19(30)22(23(29)33)28-24(34)27-18(11-21(31)32)15-5-2-4-14(10-15)12-26/h2-10,18,30H,11-13,26H2,1H3,(H,31,32)(H2,27,28,34). The van der Waals surface area contributed by atoms with E-state index in [1.807, 2.05) is 0 Å². The molecule has 184 valence electrons. The number of nitrogens with two attached hydrogens (primary N) is 1. The number of aliphatic carboxylic acids is 1. The third-order valence-corrected chi connectivity index (χ3v) is 5.63. The van der Waals surface area contributed by atoms with E-state index in [-0.39, 0.29) is 18.8 Å². The predicted molar refractivity (Wildman–Crippen MR) is 131 cm³/mol. The molecule has 1 aromatic heterocycles. The molecule has 2 aromatic carbocycles. The Morgan fingerprint density at radius 2 is 1.94 bits per heavy atom. The number of carbonyl (C=O) groups excluding carboxylic acids is 1. The molecule has 2 amide bonds. The number of ether oxygens (including phenoxy) is 1. The van der Waals surface area contributed by atoms with E-state index in [2.05, 4.69) is 10.6 Å². The summed E-state index contributed by atoms with van der Waals surface area (Å²) in [6, 6.07) is 11.4. The van der Waals surface area contributed by atoms with E-state index >= 15 is 0 Å². The van der Waals surface area contributed by atoms with Crippen molar-refractivity contribution in [1.82, 2.24) is 9.88 Å². The molecular formula is C24H25ClN4O6. The summed E-state index contributed by atoms with van der Waals surface area (Å²) >= 11 is 6.26. The van der Waals surface area contributed by atoms with Crippen molar-refractivity contribution < 1.29 is 24.5 Å². The first-order valence-electron chi connectivity index (χ1n) is 10.6. The molecule has 1 heterocycles. The van der Waals surface area contributed by atoms with Crippen molar-refractivity contribution in [2.24, 2.45) is 5.73 Å². The number of carbonyl (C=O) groups is 2. The number of halogens is 1. The fourth-order valence-corrected chi connectivity index (χ4v) is 3.76. The van der Waals surface area contributed by atoms with Crippen LogP contribution >= 0.6 is 11.6 Å². The minimum atomic E-state index is -1.13. The molecule has 11 heteroatoms. The van der Waals surface area contributed by atoms with Gasteiger partial charge in [0.1, 0.15) is 11.5 Å². The first-order chi connectivity index (χ1) is 16.7. The second-order valence-electron chi connectivity index (χ2n) is 7.63. The number of hydrogen-bond donors (Lipinski definition) is 5. The maximum Gasteiger partial charge on any atom is 0.319 e. The van der Waals surface area contributed by atoms with Crippen LogP contribution in [0.1, 0.15) is 29.2 Å². The maximum absolute atomic E-state index is 13.0. The van der Waals surface area contributed by atoms with E-state index in [9.17, 15) is 24.6 Å². The van der Waals surface area contributed by atoms with Crippen LogP contribution in [0.4, 0.5) is 10.5 Å². The van der Waals surface area contributed by atoms with Crippen LogP contribution in [0.5, 0.6) is 11.5 Å². The van der Waals surface area contributed by atoms with E-state index < -0.39 is 35.8 Å². The smallest absolute Gasteiger partial charge is 0.319 e. The molecule has 0 aliphatic heterocycles. The van der Waals surface area contributed by atoms with Crippen LogP contribution < -0.4 is 26.7 Å². The second kappa shape index (κ2) is 11.4. The zero-order valence-corrected chi connectivity index (χ0v) is 19.6. The number of urea groups is 1. The number of aromatic hydroxyl groups is 1. The summed E-state index contributed by atoms with van der Waals surface area (Å²) < 4.78 is 6.55. The molecule has 1 unspecified atom stereocenters. The molecule has 0 spiro atoms. The SMILES string of the molecule is COc1cccc(Cl)c1Cn1ccc(O)c(NC(=O)NC(CC(=O)O)c2cccc(CN)c2)c1=O. The summed E-state index contributed by atoms with van der Waals surface area (Å²) in [6.07, 6.45) is 0.952. The van der Waals surface area contributed by atoms with Crippen LogP contribution in [0.2, 0.25) is 5.02 Å². The normalized spacial score (nSPS) is 11.5. The van der Waals surface area contributed by atoms with Crippen molar-refractivity contribution in [2.45, 2.75) is 25.6 Å². The average molecular weight is 501 g/mol. The molecule has 1 atom stereocenters. The Morgan fingerprint density at radius 3 is 2.63 bits per heavy atom. The average Bonchev–Trinajstić information content (AvgIpc) is 2.83. The number of methoxy groups -OCH3 is 1. The number of anilines is 1. The van der Waals surface area contributed by atoms with Crippen LogP contribution in [0, 0.1) is 0 Å². The molecule has 0 saturated carbocycles. The topological polar surface area (TPSA) is 156 Å². The third kappa shape index (κ3) is 6.31. The van der Waals surface area contributed by atoms with E-state index in [4.69, 9.17) is 22.1 Å². The van der Waals surface area contributed by atoms with Gasteiger partial charge in [0, 0.05) is 23.3 Å².